The molecule has 86 valence electrons. The van der Waals surface area contributed by atoms with E-state index in [1.807, 2.05) is 31.2 Å². The first-order valence-electron chi connectivity index (χ1n) is 5.38. The lowest BCUT2D eigenvalue weighted by molar-refractivity contribution is -0.120. The van der Waals surface area contributed by atoms with E-state index in [0.717, 1.165) is 22.2 Å². The highest BCUT2D eigenvalue weighted by atomic mass is 79.9. The van der Waals surface area contributed by atoms with Crippen LogP contribution in [0.15, 0.2) is 33.6 Å². The van der Waals surface area contributed by atoms with Crippen LogP contribution in [0.1, 0.15) is 19.8 Å². The maximum atomic E-state index is 11.8. The lowest BCUT2D eigenvalue weighted by Gasteiger charge is -2.12. The molecule has 1 saturated carbocycles. The van der Waals surface area contributed by atoms with Gasteiger partial charge in [0.25, 0.3) is 0 Å². The van der Waals surface area contributed by atoms with Crippen LogP contribution in [0.5, 0.6) is 0 Å². The van der Waals surface area contributed by atoms with E-state index in [-0.39, 0.29) is 11.2 Å². The summed E-state index contributed by atoms with van der Waals surface area (Å²) in [5.74, 6) is 0.142. The zero-order chi connectivity index (χ0) is 11.5. The van der Waals surface area contributed by atoms with E-state index in [4.69, 9.17) is 0 Å². The van der Waals surface area contributed by atoms with Gasteiger partial charge in [-0.1, -0.05) is 12.1 Å². The lowest BCUT2D eigenvalue weighted by atomic mass is 10.4. The zero-order valence-corrected chi connectivity index (χ0v) is 11.5. The van der Waals surface area contributed by atoms with Gasteiger partial charge in [0.05, 0.1) is 5.25 Å². The van der Waals surface area contributed by atoms with Crippen molar-refractivity contribution in [1.82, 2.24) is 5.32 Å². The number of halogens is 1. The van der Waals surface area contributed by atoms with E-state index >= 15 is 0 Å². The molecule has 0 spiro atoms. The fourth-order valence-electron chi connectivity index (χ4n) is 1.33. The molecule has 0 radical (unpaired) electrons. The van der Waals surface area contributed by atoms with Gasteiger partial charge in [0.15, 0.2) is 0 Å². The molecule has 1 unspecified atom stereocenters. The third-order valence-electron chi connectivity index (χ3n) is 2.43. The molecule has 0 bridgehead atoms. The Labute approximate surface area is 108 Å². The van der Waals surface area contributed by atoms with Crippen LogP contribution in [-0.4, -0.2) is 17.2 Å². The molecule has 1 fully saturated rings. The summed E-state index contributed by atoms with van der Waals surface area (Å²) in [5, 5.41) is 2.98. The Morgan fingerprint density at radius 2 is 2.19 bits per heavy atom. The number of carbonyl (C=O) groups excluding carboxylic acids is 1. The zero-order valence-electron chi connectivity index (χ0n) is 9.07. The second-order valence-electron chi connectivity index (χ2n) is 3.97. The monoisotopic (exact) mass is 299 g/mol. The van der Waals surface area contributed by atoms with E-state index < -0.39 is 0 Å². The fraction of sp³-hybridized carbons (Fsp3) is 0.417. The van der Waals surface area contributed by atoms with Crippen LogP contribution >= 0.6 is 27.7 Å². The molecule has 1 aliphatic rings. The minimum absolute atomic E-state index is 0.0423. The maximum Gasteiger partial charge on any atom is 0.233 e. The summed E-state index contributed by atoms with van der Waals surface area (Å²) in [4.78, 5) is 12.9. The Morgan fingerprint density at radius 3 is 2.81 bits per heavy atom. The normalized spacial score (nSPS) is 16.9. The molecule has 0 heterocycles. The molecular weight excluding hydrogens is 286 g/mol. The van der Waals surface area contributed by atoms with E-state index in [2.05, 4.69) is 21.2 Å². The summed E-state index contributed by atoms with van der Waals surface area (Å²) in [5.41, 5.74) is 0. The van der Waals surface area contributed by atoms with Gasteiger partial charge in [-0.2, -0.15) is 0 Å². The van der Waals surface area contributed by atoms with Gasteiger partial charge >= 0.3 is 0 Å². The van der Waals surface area contributed by atoms with Crippen LogP contribution in [0.25, 0.3) is 0 Å². The van der Waals surface area contributed by atoms with Gasteiger partial charge in [-0.05, 0) is 47.8 Å². The number of benzene rings is 1. The summed E-state index contributed by atoms with van der Waals surface area (Å²) in [6.07, 6.45) is 2.27. The first kappa shape index (κ1) is 12.0. The van der Waals surface area contributed by atoms with Crippen LogP contribution in [0, 0.1) is 0 Å². The highest BCUT2D eigenvalue weighted by Crippen LogP contribution is 2.30. The van der Waals surface area contributed by atoms with Gasteiger partial charge < -0.3 is 5.32 Å². The number of hydrogen-bond donors (Lipinski definition) is 1. The van der Waals surface area contributed by atoms with E-state index in [0.29, 0.717) is 6.04 Å². The number of thioether (sulfide) groups is 1. The van der Waals surface area contributed by atoms with Crippen molar-refractivity contribution < 1.29 is 4.79 Å². The van der Waals surface area contributed by atoms with Crippen molar-refractivity contribution in [2.24, 2.45) is 0 Å². The van der Waals surface area contributed by atoms with Crippen molar-refractivity contribution in [3.63, 3.8) is 0 Å². The Morgan fingerprint density at radius 1 is 1.50 bits per heavy atom. The Kier molecular flexibility index (Phi) is 3.92. The van der Waals surface area contributed by atoms with Crippen molar-refractivity contribution in [2.45, 2.75) is 36.0 Å². The smallest absolute Gasteiger partial charge is 0.233 e. The van der Waals surface area contributed by atoms with Crippen LogP contribution in [-0.2, 0) is 4.79 Å². The quantitative estimate of drug-likeness (QED) is 0.865. The van der Waals surface area contributed by atoms with E-state index in [9.17, 15) is 4.79 Å². The summed E-state index contributed by atoms with van der Waals surface area (Å²) in [6.45, 7) is 1.95. The standard InChI is InChI=1S/C12H14BrNOS/c1-8(12(15)14-9-6-7-9)16-11-5-3-2-4-10(11)13/h2-5,8-9H,6-7H2,1H3,(H,14,15). The van der Waals surface area contributed by atoms with Crippen molar-refractivity contribution >= 4 is 33.6 Å². The molecule has 1 aromatic rings. The van der Waals surface area contributed by atoms with Crippen molar-refractivity contribution in [2.75, 3.05) is 0 Å². The van der Waals surface area contributed by atoms with Gasteiger partial charge in [-0.25, -0.2) is 0 Å². The maximum absolute atomic E-state index is 11.8. The highest BCUT2D eigenvalue weighted by molar-refractivity contribution is 9.10. The average Bonchev–Trinajstić information content (AvgIpc) is 3.05. The predicted octanol–water partition coefficient (Wildman–Crippen LogP) is 3.21. The molecule has 0 saturated heterocycles. The minimum Gasteiger partial charge on any atom is -0.352 e. The third-order valence-corrected chi connectivity index (χ3v) is 4.56. The van der Waals surface area contributed by atoms with Crippen molar-refractivity contribution in [3.05, 3.63) is 28.7 Å². The Balaban J connectivity index is 1.92. The van der Waals surface area contributed by atoms with Gasteiger partial charge in [-0.3, -0.25) is 4.79 Å². The van der Waals surface area contributed by atoms with Gasteiger partial charge in [0, 0.05) is 15.4 Å². The average molecular weight is 300 g/mol. The van der Waals surface area contributed by atoms with Crippen LogP contribution in [0.2, 0.25) is 0 Å². The molecule has 0 aliphatic heterocycles. The predicted molar refractivity (Wildman–Crippen MR) is 70.6 cm³/mol. The van der Waals surface area contributed by atoms with Crippen LogP contribution in [0.3, 0.4) is 0 Å². The largest absolute Gasteiger partial charge is 0.352 e. The summed E-state index contributed by atoms with van der Waals surface area (Å²) >= 11 is 5.07. The molecule has 1 N–H and O–H groups in total. The van der Waals surface area contributed by atoms with Gasteiger partial charge in [0.1, 0.15) is 0 Å². The second kappa shape index (κ2) is 5.23. The SMILES string of the molecule is CC(Sc1ccccc1Br)C(=O)NC1CC1. The summed E-state index contributed by atoms with van der Waals surface area (Å²) in [6, 6.07) is 8.42. The third kappa shape index (κ3) is 3.25. The molecule has 1 aliphatic carbocycles. The number of carbonyl (C=O) groups is 1. The molecular formula is C12H14BrNOS. The minimum atomic E-state index is -0.0423. The number of nitrogens with one attached hydrogen (secondary N) is 1. The molecule has 2 rings (SSSR count). The highest BCUT2D eigenvalue weighted by Gasteiger charge is 2.26. The van der Waals surface area contributed by atoms with Crippen LogP contribution in [0.4, 0.5) is 0 Å². The lowest BCUT2D eigenvalue weighted by Crippen LogP contribution is -2.32. The summed E-state index contributed by atoms with van der Waals surface area (Å²) in [7, 11) is 0. The molecule has 2 nitrogen and oxygen atoms in total. The Bertz CT molecular complexity index is 392. The van der Waals surface area contributed by atoms with Crippen LogP contribution < -0.4 is 5.32 Å². The molecule has 4 heteroatoms. The number of rotatable bonds is 4. The van der Waals surface area contributed by atoms with E-state index in [1.165, 1.54) is 0 Å². The van der Waals surface area contributed by atoms with Crippen molar-refractivity contribution in [1.29, 1.82) is 0 Å². The van der Waals surface area contributed by atoms with Crippen molar-refractivity contribution in [3.8, 4) is 0 Å². The Hall–Kier alpha value is -0.480. The molecule has 16 heavy (non-hydrogen) atoms. The molecule has 1 amide bonds. The number of amides is 1. The number of hydrogen-bond acceptors (Lipinski definition) is 2. The fourth-order valence-corrected chi connectivity index (χ4v) is 2.79. The first-order chi connectivity index (χ1) is 7.66. The van der Waals surface area contributed by atoms with Gasteiger partial charge in [-0.15, -0.1) is 11.8 Å². The molecule has 0 aromatic heterocycles. The second-order valence-corrected chi connectivity index (χ2v) is 6.21. The molecule has 1 atom stereocenters. The first-order valence-corrected chi connectivity index (χ1v) is 7.05. The molecule has 1 aromatic carbocycles. The topological polar surface area (TPSA) is 29.1 Å². The summed E-state index contributed by atoms with van der Waals surface area (Å²) < 4.78 is 1.05. The van der Waals surface area contributed by atoms with E-state index in [1.54, 1.807) is 11.8 Å². The van der Waals surface area contributed by atoms with Gasteiger partial charge in [0.2, 0.25) is 5.91 Å².